The highest BCUT2D eigenvalue weighted by molar-refractivity contribution is 8.00. The lowest BCUT2D eigenvalue weighted by Crippen LogP contribution is -2.30. The summed E-state index contributed by atoms with van der Waals surface area (Å²) >= 11 is 2.79. The van der Waals surface area contributed by atoms with Crippen LogP contribution in [0.25, 0.3) is 28.1 Å². The number of nitrogens with one attached hydrogen (secondary N) is 3. The lowest BCUT2D eigenvalue weighted by atomic mass is 10.1. The molecule has 250 valence electrons. The van der Waals surface area contributed by atoms with Gasteiger partial charge in [0.2, 0.25) is 5.91 Å². The molecule has 6 rings (SSSR count). The second kappa shape index (κ2) is 15.7. The minimum Gasteiger partial charge on any atom is -0.378 e. The van der Waals surface area contributed by atoms with E-state index in [9.17, 15) is 14.4 Å². The van der Waals surface area contributed by atoms with E-state index in [4.69, 9.17) is 0 Å². The van der Waals surface area contributed by atoms with Crippen molar-refractivity contribution in [3.63, 3.8) is 0 Å². The molecule has 0 aliphatic heterocycles. The number of rotatable bonds is 11. The molecule has 6 aromatic rings. The number of amides is 3. The molecule has 0 saturated heterocycles. The van der Waals surface area contributed by atoms with E-state index in [0.29, 0.717) is 16.4 Å². The summed E-state index contributed by atoms with van der Waals surface area (Å²) < 4.78 is 0. The zero-order valence-corrected chi connectivity index (χ0v) is 29.3. The summed E-state index contributed by atoms with van der Waals surface area (Å²) in [6.45, 7) is 1.84. The van der Waals surface area contributed by atoms with Crippen molar-refractivity contribution in [3.05, 3.63) is 144 Å². The van der Waals surface area contributed by atoms with Gasteiger partial charge in [-0.2, -0.15) is 0 Å². The van der Waals surface area contributed by atoms with E-state index in [1.54, 1.807) is 42.5 Å². The van der Waals surface area contributed by atoms with Crippen LogP contribution >= 0.6 is 23.1 Å². The molecule has 0 bridgehead atoms. The second-order valence-electron chi connectivity index (χ2n) is 11.7. The van der Waals surface area contributed by atoms with Gasteiger partial charge in [0.15, 0.2) is 5.13 Å². The number of benzene rings is 5. The van der Waals surface area contributed by atoms with Crippen LogP contribution in [-0.2, 0) is 9.59 Å². The zero-order valence-electron chi connectivity index (χ0n) is 27.7. The first-order valence-electron chi connectivity index (χ1n) is 15.9. The van der Waals surface area contributed by atoms with Gasteiger partial charge in [-0.1, -0.05) is 66.7 Å². The minimum atomic E-state index is -0.467. The first kappa shape index (κ1) is 34.2. The molecule has 3 N–H and O–H groups in total. The number of hydrogen-bond donors (Lipinski definition) is 3. The third-order valence-electron chi connectivity index (χ3n) is 7.82. The van der Waals surface area contributed by atoms with Crippen molar-refractivity contribution >= 4 is 74.2 Å². The molecule has 50 heavy (non-hydrogen) atoms. The maximum atomic E-state index is 13.5. The fraction of sp³-hybridized carbons (Fsp3) is 0.100. The van der Waals surface area contributed by atoms with E-state index in [1.165, 1.54) is 23.1 Å². The number of carbonyl (C=O) groups is 3. The van der Waals surface area contributed by atoms with E-state index < -0.39 is 17.1 Å². The number of carbonyl (C=O) groups excluding carboxylic acids is 3. The summed E-state index contributed by atoms with van der Waals surface area (Å²) in [5.41, 5.74) is 4.67. The number of anilines is 3. The van der Waals surface area contributed by atoms with E-state index in [1.807, 2.05) is 92.0 Å². The van der Waals surface area contributed by atoms with Crippen molar-refractivity contribution in [1.82, 2.24) is 10.3 Å². The van der Waals surface area contributed by atoms with Crippen LogP contribution in [-0.4, -0.2) is 42.1 Å². The Balaban J connectivity index is 1.08. The van der Waals surface area contributed by atoms with Gasteiger partial charge in [0.25, 0.3) is 11.8 Å². The van der Waals surface area contributed by atoms with Gasteiger partial charge in [-0.3, -0.25) is 14.4 Å². The number of thioether (sulfide) groups is 1. The van der Waals surface area contributed by atoms with Crippen LogP contribution in [0.2, 0.25) is 0 Å². The van der Waals surface area contributed by atoms with E-state index in [-0.39, 0.29) is 11.6 Å². The molecule has 0 spiro atoms. The highest BCUT2D eigenvalue weighted by Gasteiger charge is 2.18. The number of aromatic nitrogens is 1. The van der Waals surface area contributed by atoms with Crippen LogP contribution in [0.3, 0.4) is 0 Å². The Hall–Kier alpha value is -5.71. The fourth-order valence-corrected chi connectivity index (χ4v) is 6.66. The maximum Gasteiger partial charge on any atom is 0.272 e. The fourth-order valence-electron chi connectivity index (χ4n) is 5.07. The summed E-state index contributed by atoms with van der Waals surface area (Å²) in [7, 11) is 3.91. The molecule has 0 aliphatic carbocycles. The quantitative estimate of drug-likeness (QED) is 0.0926. The normalized spacial score (nSPS) is 11.9. The first-order chi connectivity index (χ1) is 24.2. The number of nitrogens with zero attached hydrogens (tertiary/aromatic N) is 2. The van der Waals surface area contributed by atoms with E-state index in [0.717, 1.165) is 38.2 Å². The molecule has 0 saturated carbocycles. The molecular weight excluding hydrogens is 663 g/mol. The number of thiazole rings is 1. The molecule has 5 aromatic carbocycles. The van der Waals surface area contributed by atoms with Crippen LogP contribution in [0.4, 0.5) is 16.5 Å². The number of hydrogen-bond acceptors (Lipinski definition) is 7. The summed E-state index contributed by atoms with van der Waals surface area (Å²) in [4.78, 5) is 47.0. The third-order valence-corrected chi connectivity index (χ3v) is 9.69. The lowest BCUT2D eigenvalue weighted by molar-refractivity contribution is -0.115. The van der Waals surface area contributed by atoms with Crippen LogP contribution < -0.4 is 20.9 Å². The maximum absolute atomic E-state index is 13.5. The summed E-state index contributed by atoms with van der Waals surface area (Å²) in [5.74, 6) is -1.02. The molecule has 1 heterocycles. The molecule has 1 unspecified atom stereocenters. The SMILES string of the molecule is CC(Sc1ccc(NC(=O)/C(=C/c2ccc(N(C)C)cc2)NC(=O)c2ccccc2)cc1)C(=O)Nc1nc(-c2ccc3ccccc3c2)cs1. The molecular formula is C40H35N5O3S2. The first-order valence-corrected chi connectivity index (χ1v) is 17.7. The average molecular weight is 698 g/mol. The van der Waals surface area contributed by atoms with Crippen LogP contribution in [0.15, 0.2) is 137 Å². The molecule has 1 atom stereocenters. The molecule has 3 amide bonds. The van der Waals surface area contributed by atoms with Crippen LogP contribution in [0, 0.1) is 0 Å². The van der Waals surface area contributed by atoms with Crippen molar-refractivity contribution in [2.24, 2.45) is 0 Å². The molecule has 0 aliphatic rings. The van der Waals surface area contributed by atoms with Gasteiger partial charge in [-0.25, -0.2) is 4.98 Å². The Morgan fingerprint density at radius 1 is 0.800 bits per heavy atom. The summed E-state index contributed by atoms with van der Waals surface area (Å²) in [6.07, 6.45) is 1.65. The van der Waals surface area contributed by atoms with Crippen molar-refractivity contribution in [3.8, 4) is 11.3 Å². The zero-order chi connectivity index (χ0) is 35.0. The standard InChI is InChI=1S/C40H35N5O3S2/c1-26(37(46)44-40-43-36(25-49-40)31-16-15-28-9-7-8-12-30(28)24-31)50-34-21-17-32(18-22-34)41-39(48)35(42-38(47)29-10-5-4-6-11-29)23-27-13-19-33(20-14-27)45(2)3/h4-26H,1-3H3,(H,41,48)(H,42,47)(H,43,44,46)/b35-23-. The highest BCUT2D eigenvalue weighted by Crippen LogP contribution is 2.30. The van der Waals surface area contributed by atoms with Gasteiger partial charge in [0, 0.05) is 46.9 Å². The van der Waals surface area contributed by atoms with Gasteiger partial charge in [0.1, 0.15) is 5.70 Å². The van der Waals surface area contributed by atoms with Gasteiger partial charge in [-0.15, -0.1) is 23.1 Å². The van der Waals surface area contributed by atoms with Crippen molar-refractivity contribution in [2.45, 2.75) is 17.1 Å². The third kappa shape index (κ3) is 8.65. The minimum absolute atomic E-state index is 0.103. The smallest absolute Gasteiger partial charge is 0.272 e. The Kier molecular flexibility index (Phi) is 10.7. The van der Waals surface area contributed by atoms with Crippen LogP contribution in [0.5, 0.6) is 0 Å². The van der Waals surface area contributed by atoms with Crippen molar-refractivity contribution in [1.29, 1.82) is 0 Å². The second-order valence-corrected chi connectivity index (χ2v) is 14.0. The predicted octanol–water partition coefficient (Wildman–Crippen LogP) is 8.56. The number of fused-ring (bicyclic) bond motifs is 1. The monoisotopic (exact) mass is 697 g/mol. The van der Waals surface area contributed by atoms with Gasteiger partial charge in [-0.05, 0) is 83.9 Å². The Labute approximate surface area is 299 Å². The largest absolute Gasteiger partial charge is 0.378 e. The van der Waals surface area contributed by atoms with Gasteiger partial charge >= 0.3 is 0 Å². The van der Waals surface area contributed by atoms with Gasteiger partial charge < -0.3 is 20.9 Å². The Bertz CT molecular complexity index is 2160. The van der Waals surface area contributed by atoms with Crippen LogP contribution in [0.1, 0.15) is 22.8 Å². The van der Waals surface area contributed by atoms with Crippen molar-refractivity contribution < 1.29 is 14.4 Å². The molecule has 10 heteroatoms. The lowest BCUT2D eigenvalue weighted by Gasteiger charge is -2.14. The van der Waals surface area contributed by atoms with E-state index >= 15 is 0 Å². The van der Waals surface area contributed by atoms with Gasteiger partial charge in [0.05, 0.1) is 10.9 Å². The summed E-state index contributed by atoms with van der Waals surface area (Å²) in [6, 6.07) is 38.0. The molecule has 8 nitrogen and oxygen atoms in total. The Morgan fingerprint density at radius 3 is 2.22 bits per heavy atom. The Morgan fingerprint density at radius 2 is 1.50 bits per heavy atom. The molecule has 1 aromatic heterocycles. The molecule has 0 fully saturated rings. The van der Waals surface area contributed by atoms with Crippen molar-refractivity contribution in [2.75, 3.05) is 29.6 Å². The topological polar surface area (TPSA) is 103 Å². The summed E-state index contributed by atoms with van der Waals surface area (Å²) in [5, 5.41) is 13.0. The highest BCUT2D eigenvalue weighted by atomic mass is 32.2. The molecule has 0 radical (unpaired) electrons. The average Bonchev–Trinajstić information content (AvgIpc) is 3.61. The predicted molar refractivity (Wildman–Crippen MR) is 207 cm³/mol. The van der Waals surface area contributed by atoms with E-state index in [2.05, 4.69) is 45.2 Å².